The minimum absolute atomic E-state index is 0.00737. The second-order valence-electron chi connectivity index (χ2n) is 6.33. The van der Waals surface area contributed by atoms with E-state index in [2.05, 4.69) is 35.3 Å². The number of urea groups is 1. The lowest BCUT2D eigenvalue weighted by molar-refractivity contribution is 0.143. The van der Waals surface area contributed by atoms with Crippen molar-refractivity contribution in [3.8, 4) is 0 Å². The lowest BCUT2D eigenvalue weighted by Gasteiger charge is -2.34. The molecule has 25 heavy (non-hydrogen) atoms. The van der Waals surface area contributed by atoms with Crippen molar-refractivity contribution >= 4 is 23.3 Å². The number of aryl methyl sites for hydroxylation is 1. The van der Waals surface area contributed by atoms with Gasteiger partial charge in [-0.25, -0.2) is 4.79 Å². The van der Waals surface area contributed by atoms with E-state index in [1.165, 1.54) is 5.56 Å². The molecule has 0 atom stereocenters. The fourth-order valence-corrected chi connectivity index (χ4v) is 3.23. The van der Waals surface area contributed by atoms with Gasteiger partial charge in [0.05, 0.1) is 0 Å². The summed E-state index contributed by atoms with van der Waals surface area (Å²) >= 11 is 5.93. The highest BCUT2D eigenvalue weighted by Crippen LogP contribution is 2.17. The normalized spacial score (nSPS) is 15.2. The van der Waals surface area contributed by atoms with Crippen molar-refractivity contribution in [2.45, 2.75) is 19.9 Å². The van der Waals surface area contributed by atoms with E-state index in [9.17, 15) is 4.79 Å². The molecule has 1 saturated heterocycles. The molecule has 2 aromatic carbocycles. The summed E-state index contributed by atoms with van der Waals surface area (Å²) in [6, 6.07) is 15.9. The van der Waals surface area contributed by atoms with Gasteiger partial charge in [-0.15, -0.1) is 0 Å². The third-order valence-corrected chi connectivity index (χ3v) is 4.87. The number of amides is 2. The Morgan fingerprint density at radius 3 is 2.40 bits per heavy atom. The Morgan fingerprint density at radius 1 is 1.04 bits per heavy atom. The summed E-state index contributed by atoms with van der Waals surface area (Å²) < 4.78 is 0. The molecule has 0 aliphatic carbocycles. The SMILES string of the molecule is CCc1ccccc1NC(=O)N1CCN(Cc2ccc(Cl)cc2)CC1. The molecule has 0 bridgehead atoms. The van der Waals surface area contributed by atoms with Crippen LogP contribution in [0.4, 0.5) is 10.5 Å². The van der Waals surface area contributed by atoms with Crippen molar-refractivity contribution in [2.24, 2.45) is 0 Å². The number of para-hydroxylation sites is 1. The van der Waals surface area contributed by atoms with Gasteiger partial charge in [-0.2, -0.15) is 0 Å². The maximum absolute atomic E-state index is 12.5. The summed E-state index contributed by atoms with van der Waals surface area (Å²) in [6.07, 6.45) is 0.908. The van der Waals surface area contributed by atoms with Crippen LogP contribution in [0.2, 0.25) is 5.02 Å². The van der Waals surface area contributed by atoms with Gasteiger partial charge in [0.2, 0.25) is 0 Å². The number of hydrogen-bond donors (Lipinski definition) is 1. The molecular formula is C20H24ClN3O. The van der Waals surface area contributed by atoms with Crippen molar-refractivity contribution < 1.29 is 4.79 Å². The van der Waals surface area contributed by atoms with E-state index in [0.717, 1.165) is 55.4 Å². The molecule has 2 amide bonds. The van der Waals surface area contributed by atoms with Gasteiger partial charge in [0, 0.05) is 43.4 Å². The first kappa shape index (κ1) is 17.8. The highest BCUT2D eigenvalue weighted by Gasteiger charge is 2.21. The van der Waals surface area contributed by atoms with Crippen LogP contribution >= 0.6 is 11.6 Å². The van der Waals surface area contributed by atoms with Crippen LogP contribution in [0.15, 0.2) is 48.5 Å². The lowest BCUT2D eigenvalue weighted by Crippen LogP contribution is -2.49. The number of benzene rings is 2. The van der Waals surface area contributed by atoms with Gasteiger partial charge in [0.15, 0.2) is 0 Å². The monoisotopic (exact) mass is 357 g/mol. The molecule has 2 aromatic rings. The molecule has 0 unspecified atom stereocenters. The molecule has 3 rings (SSSR count). The van der Waals surface area contributed by atoms with Crippen LogP contribution in [0.3, 0.4) is 0 Å². The highest BCUT2D eigenvalue weighted by atomic mass is 35.5. The number of rotatable bonds is 4. The van der Waals surface area contributed by atoms with Crippen LogP contribution in [-0.4, -0.2) is 42.0 Å². The Kier molecular flexibility index (Phi) is 5.95. The van der Waals surface area contributed by atoms with E-state index in [4.69, 9.17) is 11.6 Å². The predicted octanol–water partition coefficient (Wildman–Crippen LogP) is 4.25. The highest BCUT2D eigenvalue weighted by molar-refractivity contribution is 6.30. The number of carbonyl (C=O) groups excluding carboxylic acids is 1. The molecule has 4 nitrogen and oxygen atoms in total. The molecule has 1 fully saturated rings. The minimum atomic E-state index is -0.00737. The molecule has 0 radical (unpaired) electrons. The van der Waals surface area contributed by atoms with Crippen LogP contribution in [0.1, 0.15) is 18.1 Å². The molecule has 0 saturated carbocycles. The second kappa shape index (κ2) is 8.37. The van der Waals surface area contributed by atoms with Crippen LogP contribution in [-0.2, 0) is 13.0 Å². The third-order valence-electron chi connectivity index (χ3n) is 4.62. The summed E-state index contributed by atoms with van der Waals surface area (Å²) in [5.41, 5.74) is 3.33. The number of piperazine rings is 1. The molecule has 5 heteroatoms. The van der Waals surface area contributed by atoms with Crippen molar-refractivity contribution in [1.82, 2.24) is 9.80 Å². The van der Waals surface area contributed by atoms with Crippen LogP contribution in [0, 0.1) is 0 Å². The number of halogens is 1. The zero-order chi connectivity index (χ0) is 17.6. The Balaban J connectivity index is 1.51. The molecule has 0 spiro atoms. The summed E-state index contributed by atoms with van der Waals surface area (Å²) in [4.78, 5) is 16.8. The standard InChI is InChI=1S/C20H24ClN3O/c1-2-17-5-3-4-6-19(17)22-20(25)24-13-11-23(12-14-24)15-16-7-9-18(21)10-8-16/h3-10H,2,11-15H2,1H3,(H,22,25). The Hall–Kier alpha value is -2.04. The van der Waals surface area contributed by atoms with Gasteiger partial charge >= 0.3 is 6.03 Å². The first-order valence-corrected chi connectivity index (χ1v) is 9.14. The second-order valence-corrected chi connectivity index (χ2v) is 6.77. The number of anilines is 1. The van der Waals surface area contributed by atoms with Gasteiger partial charge in [0.1, 0.15) is 0 Å². The average molecular weight is 358 g/mol. The zero-order valence-electron chi connectivity index (χ0n) is 14.5. The number of nitrogens with zero attached hydrogens (tertiary/aromatic N) is 2. The molecular weight excluding hydrogens is 334 g/mol. The first-order chi connectivity index (χ1) is 12.2. The van der Waals surface area contributed by atoms with Crippen LogP contribution in [0.5, 0.6) is 0 Å². The van der Waals surface area contributed by atoms with E-state index in [1.807, 2.05) is 35.2 Å². The zero-order valence-corrected chi connectivity index (χ0v) is 15.3. The lowest BCUT2D eigenvalue weighted by atomic mass is 10.1. The summed E-state index contributed by atoms with van der Waals surface area (Å²) in [7, 11) is 0. The van der Waals surface area contributed by atoms with Gasteiger partial charge in [-0.05, 0) is 35.7 Å². The van der Waals surface area contributed by atoms with E-state index in [-0.39, 0.29) is 6.03 Å². The van der Waals surface area contributed by atoms with Crippen molar-refractivity contribution in [3.05, 3.63) is 64.7 Å². The third kappa shape index (κ3) is 4.74. The minimum Gasteiger partial charge on any atom is -0.322 e. The largest absolute Gasteiger partial charge is 0.322 e. The van der Waals surface area contributed by atoms with Crippen molar-refractivity contribution in [3.63, 3.8) is 0 Å². The van der Waals surface area contributed by atoms with Gasteiger partial charge in [-0.3, -0.25) is 4.90 Å². The topological polar surface area (TPSA) is 35.6 Å². The summed E-state index contributed by atoms with van der Waals surface area (Å²) in [5.74, 6) is 0. The molecule has 0 aromatic heterocycles. The van der Waals surface area contributed by atoms with E-state index < -0.39 is 0 Å². The Bertz CT molecular complexity index is 709. The van der Waals surface area contributed by atoms with Crippen molar-refractivity contribution in [2.75, 3.05) is 31.5 Å². The Morgan fingerprint density at radius 2 is 1.72 bits per heavy atom. The predicted molar refractivity (Wildman–Crippen MR) is 103 cm³/mol. The smallest absolute Gasteiger partial charge is 0.321 e. The molecule has 132 valence electrons. The van der Waals surface area contributed by atoms with Gasteiger partial charge in [0.25, 0.3) is 0 Å². The number of hydrogen-bond acceptors (Lipinski definition) is 2. The van der Waals surface area contributed by atoms with E-state index in [0.29, 0.717) is 0 Å². The fourth-order valence-electron chi connectivity index (χ4n) is 3.10. The first-order valence-electron chi connectivity index (χ1n) is 8.76. The summed E-state index contributed by atoms with van der Waals surface area (Å²) in [6.45, 7) is 6.24. The fraction of sp³-hybridized carbons (Fsp3) is 0.350. The molecule has 1 aliphatic heterocycles. The van der Waals surface area contributed by atoms with E-state index in [1.54, 1.807) is 0 Å². The average Bonchev–Trinajstić information content (AvgIpc) is 2.64. The maximum atomic E-state index is 12.5. The van der Waals surface area contributed by atoms with Crippen molar-refractivity contribution in [1.29, 1.82) is 0 Å². The summed E-state index contributed by atoms with van der Waals surface area (Å²) in [5, 5.41) is 3.82. The van der Waals surface area contributed by atoms with Gasteiger partial charge < -0.3 is 10.2 Å². The van der Waals surface area contributed by atoms with Crippen LogP contribution in [0.25, 0.3) is 0 Å². The number of nitrogens with one attached hydrogen (secondary N) is 1. The van der Waals surface area contributed by atoms with Gasteiger partial charge in [-0.1, -0.05) is 48.9 Å². The molecule has 1 aliphatic rings. The number of carbonyl (C=O) groups is 1. The molecule has 1 N–H and O–H groups in total. The molecule has 1 heterocycles. The quantitative estimate of drug-likeness (QED) is 0.887. The maximum Gasteiger partial charge on any atom is 0.321 e. The van der Waals surface area contributed by atoms with Crippen LogP contribution < -0.4 is 5.32 Å². The Labute approximate surface area is 154 Å². The van der Waals surface area contributed by atoms with E-state index >= 15 is 0 Å².